The molecule has 0 aliphatic rings. The van der Waals surface area contributed by atoms with E-state index < -0.39 is 34.6 Å². The molecule has 9 heteroatoms. The van der Waals surface area contributed by atoms with Gasteiger partial charge in [0.2, 0.25) is 0 Å². The zero-order valence-electron chi connectivity index (χ0n) is 10.2. The number of alkyl halides is 3. The van der Waals surface area contributed by atoms with Crippen molar-refractivity contribution in [2.75, 3.05) is 6.54 Å². The van der Waals surface area contributed by atoms with E-state index in [-0.39, 0.29) is 18.5 Å². The van der Waals surface area contributed by atoms with Crippen LogP contribution in [0.1, 0.15) is 23.7 Å². The van der Waals surface area contributed by atoms with Gasteiger partial charge in [0.25, 0.3) is 5.69 Å². The number of nitro benzene ring substituents is 1. The van der Waals surface area contributed by atoms with Crippen LogP contribution in [0.3, 0.4) is 0 Å². The quantitative estimate of drug-likeness (QED) is 0.561. The molecule has 0 aromatic heterocycles. The smallest absolute Gasteiger partial charge is 0.390 e. The summed E-state index contributed by atoms with van der Waals surface area (Å²) in [5, 5.41) is 30.1. The first-order valence-corrected chi connectivity index (χ1v) is 5.60. The van der Waals surface area contributed by atoms with Gasteiger partial charge in [0.15, 0.2) is 0 Å². The molecule has 0 fully saturated rings. The van der Waals surface area contributed by atoms with E-state index in [9.17, 15) is 33.5 Å². The van der Waals surface area contributed by atoms with E-state index in [0.29, 0.717) is 12.1 Å². The fraction of sp³-hybridized carbons (Fsp3) is 0.455. The molecule has 1 rings (SSSR count). The second-order valence-electron chi connectivity index (χ2n) is 4.12. The van der Waals surface area contributed by atoms with E-state index in [0.717, 1.165) is 6.07 Å². The molecule has 0 saturated heterocycles. The van der Waals surface area contributed by atoms with E-state index >= 15 is 0 Å². The van der Waals surface area contributed by atoms with Crippen molar-refractivity contribution < 1.29 is 28.3 Å². The summed E-state index contributed by atoms with van der Waals surface area (Å²) in [5.74, 6) is 0. The Hall–Kier alpha value is -1.71. The summed E-state index contributed by atoms with van der Waals surface area (Å²) in [5.41, 5.74) is 2.69. The van der Waals surface area contributed by atoms with Gasteiger partial charge in [-0.2, -0.15) is 13.2 Å². The summed E-state index contributed by atoms with van der Waals surface area (Å²) in [6.07, 6.45) is -7.85. The van der Waals surface area contributed by atoms with Crippen molar-refractivity contribution >= 4 is 5.69 Å². The van der Waals surface area contributed by atoms with Crippen LogP contribution in [0.2, 0.25) is 0 Å². The van der Waals surface area contributed by atoms with Crippen LogP contribution in [-0.4, -0.2) is 27.8 Å². The highest BCUT2D eigenvalue weighted by Gasteiger charge is 2.34. The molecule has 1 aromatic carbocycles. The van der Waals surface area contributed by atoms with Crippen molar-refractivity contribution in [3.05, 3.63) is 39.4 Å². The van der Waals surface area contributed by atoms with Crippen LogP contribution in [0.5, 0.6) is 0 Å². The Morgan fingerprint density at radius 2 is 1.95 bits per heavy atom. The maximum absolute atomic E-state index is 12.5. The minimum Gasteiger partial charge on any atom is -0.390 e. The molecule has 2 unspecified atom stereocenters. The summed E-state index contributed by atoms with van der Waals surface area (Å²) in [7, 11) is 0. The lowest BCUT2D eigenvalue weighted by atomic mass is 9.98. The van der Waals surface area contributed by atoms with Gasteiger partial charge in [-0.3, -0.25) is 10.1 Å². The topological polar surface area (TPSA) is 110 Å². The van der Waals surface area contributed by atoms with E-state index in [2.05, 4.69) is 0 Å². The van der Waals surface area contributed by atoms with Gasteiger partial charge in [-0.15, -0.1) is 0 Å². The average Bonchev–Trinajstić information content (AvgIpc) is 2.36. The number of hydrogen-bond donors (Lipinski definition) is 3. The van der Waals surface area contributed by atoms with Crippen molar-refractivity contribution in [1.82, 2.24) is 0 Å². The molecule has 0 saturated carbocycles. The molecule has 2 atom stereocenters. The van der Waals surface area contributed by atoms with Gasteiger partial charge in [-0.05, 0) is 25.1 Å². The molecule has 112 valence electrons. The molecule has 0 aliphatic carbocycles. The number of halogens is 3. The predicted molar refractivity (Wildman–Crippen MR) is 62.7 cm³/mol. The molecule has 0 aliphatic heterocycles. The first-order valence-electron chi connectivity index (χ1n) is 5.60. The van der Waals surface area contributed by atoms with E-state index in [1.807, 2.05) is 0 Å². The Balaban J connectivity index is 3.24. The highest BCUT2D eigenvalue weighted by Crippen LogP contribution is 2.35. The number of nitro groups is 1. The maximum Gasteiger partial charge on any atom is 0.416 e. The van der Waals surface area contributed by atoms with Crippen molar-refractivity contribution in [2.24, 2.45) is 5.73 Å². The van der Waals surface area contributed by atoms with Crippen molar-refractivity contribution in [3.8, 4) is 0 Å². The summed E-state index contributed by atoms with van der Waals surface area (Å²) in [6, 6.07) is 1.72. The summed E-state index contributed by atoms with van der Waals surface area (Å²) in [4.78, 5) is 9.77. The summed E-state index contributed by atoms with van der Waals surface area (Å²) >= 11 is 0. The first kappa shape index (κ1) is 16.3. The molecular formula is C11H13F3N2O4. The molecule has 1 aromatic rings. The average molecular weight is 294 g/mol. The third kappa shape index (κ3) is 3.65. The molecular weight excluding hydrogens is 281 g/mol. The zero-order valence-corrected chi connectivity index (χ0v) is 10.2. The second kappa shape index (κ2) is 6.16. The van der Waals surface area contributed by atoms with Gasteiger partial charge < -0.3 is 15.9 Å². The number of nitrogens with two attached hydrogens (primary N) is 1. The Labute approximate surface area is 111 Å². The highest BCUT2D eigenvalue weighted by molar-refractivity contribution is 5.45. The van der Waals surface area contributed by atoms with Gasteiger partial charge >= 0.3 is 6.18 Å². The number of hydrogen-bond acceptors (Lipinski definition) is 5. The first-order chi connectivity index (χ1) is 9.18. The van der Waals surface area contributed by atoms with Crippen LogP contribution >= 0.6 is 0 Å². The third-order valence-electron chi connectivity index (χ3n) is 2.70. The maximum atomic E-state index is 12.5. The normalized spacial score (nSPS) is 14.9. The van der Waals surface area contributed by atoms with Gasteiger partial charge in [-0.25, -0.2) is 0 Å². The second-order valence-corrected chi connectivity index (χ2v) is 4.12. The van der Waals surface area contributed by atoms with Gasteiger partial charge in [0.05, 0.1) is 22.2 Å². The van der Waals surface area contributed by atoms with Gasteiger partial charge in [-0.1, -0.05) is 0 Å². The molecule has 4 N–H and O–H groups in total. The largest absolute Gasteiger partial charge is 0.416 e. The molecule has 20 heavy (non-hydrogen) atoms. The van der Waals surface area contributed by atoms with Gasteiger partial charge in [0, 0.05) is 6.07 Å². The van der Waals surface area contributed by atoms with Crippen LogP contribution in [0.25, 0.3) is 0 Å². The number of aliphatic hydroxyl groups is 2. The number of benzene rings is 1. The lowest BCUT2D eigenvalue weighted by Crippen LogP contribution is -2.22. The summed E-state index contributed by atoms with van der Waals surface area (Å²) < 4.78 is 37.5. The molecule has 6 nitrogen and oxygen atoms in total. The fourth-order valence-corrected chi connectivity index (χ4v) is 1.66. The van der Waals surface area contributed by atoms with Gasteiger partial charge in [0.1, 0.15) is 6.10 Å². The molecule has 0 radical (unpaired) electrons. The number of aliphatic hydroxyl groups excluding tert-OH is 2. The fourth-order valence-electron chi connectivity index (χ4n) is 1.66. The van der Waals surface area contributed by atoms with Crippen LogP contribution in [0.4, 0.5) is 18.9 Å². The Morgan fingerprint density at radius 3 is 2.40 bits per heavy atom. The van der Waals surface area contributed by atoms with E-state index in [1.54, 1.807) is 0 Å². The van der Waals surface area contributed by atoms with Crippen LogP contribution in [0.15, 0.2) is 18.2 Å². The van der Waals surface area contributed by atoms with E-state index in [4.69, 9.17) is 5.73 Å². The lowest BCUT2D eigenvalue weighted by molar-refractivity contribution is -0.386. The Bertz CT molecular complexity index is 493. The zero-order chi connectivity index (χ0) is 15.5. The van der Waals surface area contributed by atoms with Crippen molar-refractivity contribution in [1.29, 1.82) is 0 Å². The highest BCUT2D eigenvalue weighted by atomic mass is 19.4. The third-order valence-corrected chi connectivity index (χ3v) is 2.70. The summed E-state index contributed by atoms with van der Waals surface area (Å²) in [6.45, 7) is 0.0205. The molecule has 0 spiro atoms. The van der Waals surface area contributed by atoms with Crippen molar-refractivity contribution in [3.63, 3.8) is 0 Å². The van der Waals surface area contributed by atoms with Crippen molar-refractivity contribution in [2.45, 2.75) is 24.8 Å². The minimum atomic E-state index is -4.73. The lowest BCUT2D eigenvalue weighted by Gasteiger charge is -2.18. The van der Waals surface area contributed by atoms with Crippen LogP contribution in [0, 0.1) is 10.1 Å². The Kier molecular flexibility index (Phi) is 5.03. The standard InChI is InChI=1S/C11H13F3N2O4/c12-11(13,14)6-1-2-7(8(5-6)16(19)20)10(18)9(17)3-4-15/h1-2,5,9-10,17-18H,3-4,15H2. The molecule has 0 heterocycles. The molecule has 0 bridgehead atoms. The van der Waals surface area contributed by atoms with Crippen LogP contribution in [-0.2, 0) is 6.18 Å². The van der Waals surface area contributed by atoms with E-state index in [1.165, 1.54) is 0 Å². The minimum absolute atomic E-state index is 0.0205. The monoisotopic (exact) mass is 294 g/mol. The van der Waals surface area contributed by atoms with Crippen LogP contribution < -0.4 is 5.73 Å². The number of rotatable bonds is 5. The predicted octanol–water partition coefficient (Wildman–Crippen LogP) is 1.36. The SMILES string of the molecule is NCCC(O)C(O)c1ccc(C(F)(F)F)cc1[N+](=O)[O-]. The number of nitrogens with zero attached hydrogens (tertiary/aromatic N) is 1. The Morgan fingerprint density at radius 1 is 1.35 bits per heavy atom. The molecule has 0 amide bonds.